The number of nitrogens with one attached hydrogen (secondary N) is 2. The smallest absolute Gasteiger partial charge is 0.214 e. The lowest BCUT2D eigenvalue weighted by atomic mass is 10.1. The van der Waals surface area contributed by atoms with Crippen LogP contribution in [-0.4, -0.2) is 51.6 Å². The van der Waals surface area contributed by atoms with E-state index in [4.69, 9.17) is 0 Å². The number of aromatic nitrogens is 4. The van der Waals surface area contributed by atoms with E-state index in [0.29, 0.717) is 6.54 Å². The van der Waals surface area contributed by atoms with Crippen LogP contribution in [0.15, 0.2) is 24.7 Å². The van der Waals surface area contributed by atoms with Gasteiger partial charge in [-0.05, 0) is 31.7 Å². The summed E-state index contributed by atoms with van der Waals surface area (Å²) in [5.74, 6) is 0.854. The summed E-state index contributed by atoms with van der Waals surface area (Å²) >= 11 is 0. The Hall–Kier alpha value is -2.13. The fraction of sp³-hybridized carbons (Fsp3) is 0.529. The maximum atomic E-state index is 12.3. The Balaban J connectivity index is 1.50. The number of aromatic amines is 1. The predicted molar refractivity (Wildman–Crippen MR) is 99.8 cm³/mol. The fourth-order valence-corrected chi connectivity index (χ4v) is 5.59. The summed E-state index contributed by atoms with van der Waals surface area (Å²) < 4.78 is 29.7. The van der Waals surface area contributed by atoms with Gasteiger partial charge in [-0.25, -0.2) is 23.1 Å². The second kappa shape index (κ2) is 5.68. The van der Waals surface area contributed by atoms with Crippen molar-refractivity contribution in [2.24, 2.45) is 0 Å². The Labute approximate surface area is 151 Å². The van der Waals surface area contributed by atoms with Gasteiger partial charge < -0.3 is 9.88 Å². The first-order valence-corrected chi connectivity index (χ1v) is 10.7. The van der Waals surface area contributed by atoms with Crippen LogP contribution in [-0.2, 0) is 10.0 Å². The molecule has 9 heteroatoms. The summed E-state index contributed by atoms with van der Waals surface area (Å²) in [6, 6.07) is 2.18. The fourth-order valence-electron chi connectivity index (χ4n) is 4.00. The molecule has 1 aliphatic carbocycles. The summed E-state index contributed by atoms with van der Waals surface area (Å²) in [7, 11) is -3.18. The minimum absolute atomic E-state index is 0.0681. The van der Waals surface area contributed by atoms with Crippen molar-refractivity contribution in [3.8, 4) is 0 Å². The maximum Gasteiger partial charge on any atom is 0.214 e. The maximum absolute atomic E-state index is 12.3. The van der Waals surface area contributed by atoms with Crippen LogP contribution in [0.5, 0.6) is 0 Å². The van der Waals surface area contributed by atoms with Crippen molar-refractivity contribution in [2.45, 2.75) is 49.9 Å². The zero-order valence-electron chi connectivity index (χ0n) is 14.6. The summed E-state index contributed by atoms with van der Waals surface area (Å²) in [6.45, 7) is 2.77. The average Bonchev–Trinajstić information content (AvgIpc) is 3.06. The molecule has 1 saturated carbocycles. The highest BCUT2D eigenvalue weighted by Crippen LogP contribution is 2.32. The van der Waals surface area contributed by atoms with Crippen molar-refractivity contribution in [3.05, 3.63) is 24.7 Å². The van der Waals surface area contributed by atoms with Crippen molar-refractivity contribution in [1.82, 2.24) is 24.1 Å². The average molecular weight is 374 g/mol. The summed E-state index contributed by atoms with van der Waals surface area (Å²) in [4.78, 5) is 14.4. The van der Waals surface area contributed by atoms with E-state index in [0.717, 1.165) is 48.3 Å². The van der Waals surface area contributed by atoms with E-state index in [1.54, 1.807) is 6.20 Å². The molecule has 1 saturated heterocycles. The van der Waals surface area contributed by atoms with Crippen LogP contribution in [0.3, 0.4) is 0 Å². The van der Waals surface area contributed by atoms with Crippen LogP contribution >= 0.6 is 0 Å². The topological polar surface area (TPSA) is 95.4 Å². The molecule has 1 aliphatic heterocycles. The van der Waals surface area contributed by atoms with E-state index >= 15 is 0 Å². The lowest BCUT2D eigenvalue weighted by Crippen LogP contribution is -2.39. The van der Waals surface area contributed by atoms with Crippen molar-refractivity contribution in [3.63, 3.8) is 0 Å². The normalized spacial score (nSPS) is 24.1. The number of nitrogens with zero attached hydrogens (tertiary/aromatic N) is 4. The van der Waals surface area contributed by atoms with Gasteiger partial charge in [-0.1, -0.05) is 6.92 Å². The largest absolute Gasteiger partial charge is 0.345 e. The molecule has 4 heterocycles. The number of anilines is 1. The van der Waals surface area contributed by atoms with Gasteiger partial charge in [0.05, 0.1) is 28.7 Å². The zero-order chi connectivity index (χ0) is 17.9. The molecule has 3 aromatic heterocycles. The third kappa shape index (κ3) is 2.49. The van der Waals surface area contributed by atoms with Gasteiger partial charge in [-0.3, -0.25) is 4.40 Å². The van der Waals surface area contributed by atoms with Crippen LogP contribution in [0, 0.1) is 0 Å². The molecule has 2 unspecified atom stereocenters. The minimum Gasteiger partial charge on any atom is -0.345 e. The van der Waals surface area contributed by atoms with Crippen molar-refractivity contribution in [1.29, 1.82) is 0 Å². The SMILES string of the molecule is CCC1CC(NS(=O)(=O)C2CC2)CN1c1ncc2cnc3[nH]ccc3n12. The number of imidazole rings is 1. The standard InChI is InChI=1S/C17H22N6O2S/c1-2-12-7-11(21-26(24,25)14-3-4-14)10-22(12)17-20-9-13-8-19-16-15(23(13)17)5-6-18-16/h5-6,8-9,11-12,14,18,21H,2-4,7,10H2,1H3. The first-order valence-electron chi connectivity index (χ1n) is 9.14. The van der Waals surface area contributed by atoms with Crippen LogP contribution in [0.4, 0.5) is 5.95 Å². The number of hydrogen-bond acceptors (Lipinski definition) is 5. The molecule has 2 N–H and O–H groups in total. The Morgan fingerprint density at radius 2 is 2.12 bits per heavy atom. The van der Waals surface area contributed by atoms with Gasteiger partial charge >= 0.3 is 0 Å². The lowest BCUT2D eigenvalue weighted by Gasteiger charge is -2.24. The molecule has 8 nitrogen and oxygen atoms in total. The van der Waals surface area contributed by atoms with Crippen molar-refractivity contribution in [2.75, 3.05) is 11.4 Å². The van der Waals surface area contributed by atoms with E-state index in [1.165, 1.54) is 0 Å². The third-order valence-electron chi connectivity index (χ3n) is 5.48. The summed E-state index contributed by atoms with van der Waals surface area (Å²) in [6.07, 6.45) is 8.81. The van der Waals surface area contributed by atoms with E-state index in [2.05, 4.69) is 35.9 Å². The number of hydrogen-bond donors (Lipinski definition) is 2. The van der Waals surface area contributed by atoms with Gasteiger partial charge in [0, 0.05) is 24.8 Å². The molecule has 0 aromatic carbocycles. The quantitative estimate of drug-likeness (QED) is 0.708. The highest BCUT2D eigenvalue weighted by atomic mass is 32.2. The predicted octanol–water partition coefficient (Wildman–Crippen LogP) is 1.65. The molecule has 0 amide bonds. The van der Waals surface area contributed by atoms with E-state index in [9.17, 15) is 8.42 Å². The molecule has 0 spiro atoms. The van der Waals surface area contributed by atoms with Gasteiger partial charge in [-0.2, -0.15) is 0 Å². The Kier molecular flexibility index (Phi) is 3.51. The first-order chi connectivity index (χ1) is 12.6. The Bertz CT molecular complexity index is 1070. The van der Waals surface area contributed by atoms with E-state index in [-0.39, 0.29) is 17.3 Å². The van der Waals surface area contributed by atoms with Gasteiger partial charge in [-0.15, -0.1) is 0 Å². The monoisotopic (exact) mass is 374 g/mol. The number of fused-ring (bicyclic) bond motifs is 3. The van der Waals surface area contributed by atoms with Crippen LogP contribution in [0.2, 0.25) is 0 Å². The van der Waals surface area contributed by atoms with Crippen LogP contribution in [0.25, 0.3) is 16.7 Å². The Morgan fingerprint density at radius 3 is 2.88 bits per heavy atom. The summed E-state index contributed by atoms with van der Waals surface area (Å²) in [5, 5.41) is -0.186. The molecule has 0 bridgehead atoms. The molecule has 0 radical (unpaired) electrons. The molecule has 138 valence electrons. The first kappa shape index (κ1) is 16.1. The highest BCUT2D eigenvalue weighted by molar-refractivity contribution is 7.90. The van der Waals surface area contributed by atoms with Gasteiger partial charge in [0.25, 0.3) is 0 Å². The zero-order valence-corrected chi connectivity index (χ0v) is 15.4. The van der Waals surface area contributed by atoms with Crippen LogP contribution < -0.4 is 9.62 Å². The van der Waals surface area contributed by atoms with E-state index < -0.39 is 10.0 Å². The second-order valence-corrected chi connectivity index (χ2v) is 9.29. The summed E-state index contributed by atoms with van der Waals surface area (Å²) in [5.41, 5.74) is 2.73. The molecule has 2 fully saturated rings. The van der Waals surface area contributed by atoms with Crippen molar-refractivity contribution >= 4 is 32.7 Å². The second-order valence-electron chi connectivity index (χ2n) is 7.30. The number of rotatable bonds is 5. The third-order valence-corrected chi connectivity index (χ3v) is 7.49. The van der Waals surface area contributed by atoms with Gasteiger partial charge in [0.2, 0.25) is 16.0 Å². The molecule has 26 heavy (non-hydrogen) atoms. The molecule has 3 aromatic rings. The molecule has 2 aliphatic rings. The lowest BCUT2D eigenvalue weighted by molar-refractivity contribution is 0.550. The van der Waals surface area contributed by atoms with Gasteiger partial charge in [0.1, 0.15) is 0 Å². The molecular weight excluding hydrogens is 352 g/mol. The van der Waals surface area contributed by atoms with Gasteiger partial charge in [0.15, 0.2) is 5.65 Å². The van der Waals surface area contributed by atoms with Crippen molar-refractivity contribution < 1.29 is 8.42 Å². The van der Waals surface area contributed by atoms with Crippen LogP contribution in [0.1, 0.15) is 32.6 Å². The number of sulfonamides is 1. The minimum atomic E-state index is -3.18. The Morgan fingerprint density at radius 1 is 1.31 bits per heavy atom. The molecular formula is C17H22N6O2S. The number of H-pyrrole nitrogens is 1. The van der Waals surface area contributed by atoms with E-state index in [1.807, 2.05) is 18.5 Å². The molecule has 5 rings (SSSR count). The molecule has 2 atom stereocenters. The highest BCUT2D eigenvalue weighted by Gasteiger charge is 2.40.